The maximum absolute atomic E-state index is 10.1. The summed E-state index contributed by atoms with van der Waals surface area (Å²) in [5, 5.41) is 0. The van der Waals surface area contributed by atoms with Crippen molar-refractivity contribution in [2.24, 2.45) is 0 Å². The Balaban J connectivity index is -0.0000000148. The second kappa shape index (κ2) is 33.1. The van der Waals surface area contributed by atoms with Crippen LogP contribution < -0.4 is 62.0 Å². The van der Waals surface area contributed by atoms with Crippen LogP contribution in [0.25, 0.3) is 0 Å². The molecule has 0 aliphatic rings. The van der Waals surface area contributed by atoms with Gasteiger partial charge in [0.05, 0.1) is 0 Å². The molecular formula is Cl5F5O15S5Ta2. The van der Waals surface area contributed by atoms with Crippen LogP contribution in [0.3, 0.4) is 0 Å². The minimum atomic E-state index is -5.42. The number of hydrogen-bond acceptors (Lipinski definition) is 15. The predicted molar refractivity (Wildman–Crippen MR) is 54.0 cm³/mol. The van der Waals surface area contributed by atoms with Crippen molar-refractivity contribution < 1.29 is 191 Å². The van der Waals surface area contributed by atoms with Gasteiger partial charge in [-0.15, -0.1) is 19.4 Å². The van der Waals surface area contributed by atoms with Crippen LogP contribution in [-0.2, 0) is 97.3 Å². The third kappa shape index (κ3) is 6860. The molecule has 0 saturated heterocycles. The summed E-state index contributed by atoms with van der Waals surface area (Å²) < 4.78 is 177. The minimum Gasteiger partial charge on any atom is -1.00 e. The van der Waals surface area contributed by atoms with E-state index in [0.717, 1.165) is 0 Å². The van der Waals surface area contributed by atoms with Gasteiger partial charge in [-0.2, -0.15) is 0 Å². The van der Waals surface area contributed by atoms with Crippen LogP contribution in [0, 0.1) is 0 Å². The molecule has 0 amide bonds. The fourth-order valence-electron chi connectivity index (χ4n) is 0. The van der Waals surface area contributed by atoms with Crippen LogP contribution in [0.5, 0.6) is 0 Å². The molecule has 0 radical (unpaired) electrons. The zero-order valence-corrected chi connectivity index (χ0v) is 27.1. The molecule has 0 bridgehead atoms. The molecule has 200 valence electrons. The van der Waals surface area contributed by atoms with Gasteiger partial charge in [-0.1, -0.05) is 0 Å². The molecule has 0 N–H and O–H groups in total. The Labute approximate surface area is 241 Å². The maximum Gasteiger partial charge on any atom is 5.00 e. The van der Waals surface area contributed by atoms with Crippen molar-refractivity contribution in [3.05, 3.63) is 0 Å². The Morgan fingerprint density at radius 1 is 0.312 bits per heavy atom. The van der Waals surface area contributed by atoms with Crippen molar-refractivity contribution in [2.45, 2.75) is 0 Å². The summed E-state index contributed by atoms with van der Waals surface area (Å²) in [6, 6.07) is 0. The summed E-state index contributed by atoms with van der Waals surface area (Å²) in [5.74, 6) is 0. The van der Waals surface area contributed by atoms with Gasteiger partial charge >= 0.3 is 44.8 Å². The first-order valence-corrected chi connectivity index (χ1v) is 9.81. The minimum absolute atomic E-state index is 0. The normalized spacial score (nSPS) is 9.06. The van der Waals surface area contributed by atoms with Gasteiger partial charge in [0.2, 0.25) is 0 Å². The predicted octanol–water partition coefficient (Wildman–Crippen LogP) is -17.9. The Kier molecular flexibility index (Phi) is 79.2. The standard InChI is InChI=1S/5ClH.5FHO3S.2Ta/c;;;;;5*1-5(2,3)4;;/h5*1H;5*(H,2,3,4);;/q;;;;;;;;;;2*+5/p-10. The second-order valence-electron chi connectivity index (χ2n) is 1.97. The van der Waals surface area contributed by atoms with Crippen molar-refractivity contribution >= 4 is 52.5 Å². The molecular weight excluding hydrogens is 1030 g/mol. The van der Waals surface area contributed by atoms with E-state index in [0.29, 0.717) is 0 Å². The van der Waals surface area contributed by atoms with E-state index in [4.69, 9.17) is 64.9 Å². The fourth-order valence-corrected chi connectivity index (χ4v) is 0. The van der Waals surface area contributed by atoms with Gasteiger partial charge < -0.3 is 84.8 Å². The third-order valence-electron chi connectivity index (χ3n) is 0. The van der Waals surface area contributed by atoms with Gasteiger partial charge in [0, 0.05) is 0 Å². The molecule has 0 saturated carbocycles. The topological polar surface area (TPSA) is 286 Å². The molecule has 0 aliphatic carbocycles. The van der Waals surface area contributed by atoms with Crippen molar-refractivity contribution in [2.75, 3.05) is 0 Å². The zero-order chi connectivity index (χ0) is 22.5. The zero-order valence-electron chi connectivity index (χ0n) is 12.8. The van der Waals surface area contributed by atoms with Crippen molar-refractivity contribution in [3.8, 4) is 0 Å². The number of rotatable bonds is 0. The van der Waals surface area contributed by atoms with E-state index in [1.54, 1.807) is 0 Å². The fraction of sp³-hybridized carbons (Fsp3) is 0. The van der Waals surface area contributed by atoms with Crippen LogP contribution in [0.1, 0.15) is 0 Å². The van der Waals surface area contributed by atoms with Crippen molar-refractivity contribution in [1.29, 1.82) is 0 Å². The molecule has 0 fully saturated rings. The maximum atomic E-state index is 10.1. The summed E-state index contributed by atoms with van der Waals surface area (Å²) in [6.45, 7) is 0. The molecule has 0 aromatic rings. The Bertz CT molecular complexity index is 655. The summed E-state index contributed by atoms with van der Waals surface area (Å²) >= 11 is 0. The number of halogens is 10. The molecule has 0 aromatic heterocycles. The molecule has 0 aliphatic heterocycles. The molecule has 15 nitrogen and oxygen atoms in total. The quantitative estimate of drug-likeness (QED) is 0.124. The van der Waals surface area contributed by atoms with Crippen LogP contribution in [0.15, 0.2) is 0 Å². The van der Waals surface area contributed by atoms with Crippen LogP contribution in [-0.4, -0.2) is 64.9 Å². The van der Waals surface area contributed by atoms with E-state index in [1.165, 1.54) is 0 Å². The molecule has 0 aromatic carbocycles. The summed E-state index contributed by atoms with van der Waals surface area (Å²) in [7, 11) is -27.1. The van der Waals surface area contributed by atoms with Gasteiger partial charge in [0.25, 0.3) is 52.5 Å². The molecule has 0 atom stereocenters. The molecule has 0 rings (SSSR count). The second-order valence-corrected chi connectivity index (χ2v) is 5.90. The van der Waals surface area contributed by atoms with E-state index >= 15 is 0 Å². The monoisotopic (exact) mass is 1030 g/mol. The van der Waals surface area contributed by atoms with Crippen LogP contribution >= 0.6 is 0 Å². The molecule has 32 heavy (non-hydrogen) atoms. The SMILES string of the molecule is O=S(=O)([O-])F.O=S(=O)([O-])F.O=S(=O)([O-])F.O=S(=O)([O-])F.O=S(=O)([O-])F.[Cl-].[Cl-].[Cl-].[Cl-].[Cl-].[Ta+5].[Ta+5]. The third-order valence-corrected chi connectivity index (χ3v) is 0. The van der Waals surface area contributed by atoms with Gasteiger partial charge in [-0.25, -0.2) is 42.1 Å². The van der Waals surface area contributed by atoms with Crippen molar-refractivity contribution in [1.82, 2.24) is 0 Å². The van der Waals surface area contributed by atoms with Gasteiger partial charge in [0.1, 0.15) is 0 Å². The smallest absolute Gasteiger partial charge is 1.00 e. The van der Waals surface area contributed by atoms with E-state index in [9.17, 15) is 19.4 Å². The van der Waals surface area contributed by atoms with Gasteiger partial charge in [-0.3, -0.25) is 0 Å². The Morgan fingerprint density at radius 3 is 0.312 bits per heavy atom. The van der Waals surface area contributed by atoms with Gasteiger partial charge in [0.15, 0.2) is 0 Å². The summed E-state index contributed by atoms with van der Waals surface area (Å²) in [6.07, 6.45) is 0. The van der Waals surface area contributed by atoms with E-state index in [1.807, 2.05) is 0 Å². The van der Waals surface area contributed by atoms with E-state index in [-0.39, 0.29) is 107 Å². The molecule has 0 unspecified atom stereocenters. The first-order chi connectivity index (χ1) is 10.0. The van der Waals surface area contributed by atoms with E-state index in [2.05, 4.69) is 0 Å². The Hall–Kier alpha value is 2.13. The average Bonchev–Trinajstić information content (AvgIpc) is 1.79. The molecule has 0 heterocycles. The first-order valence-electron chi connectivity index (χ1n) is 3.27. The van der Waals surface area contributed by atoms with Gasteiger partial charge in [-0.05, 0) is 0 Å². The molecule has 0 spiro atoms. The van der Waals surface area contributed by atoms with Crippen molar-refractivity contribution in [3.63, 3.8) is 0 Å². The first kappa shape index (κ1) is 76.5. The Morgan fingerprint density at radius 2 is 0.312 bits per heavy atom. The largest absolute Gasteiger partial charge is 5.00 e. The summed E-state index contributed by atoms with van der Waals surface area (Å²) in [4.78, 5) is 0. The van der Waals surface area contributed by atoms with Crippen LogP contribution in [0.4, 0.5) is 19.4 Å². The summed E-state index contributed by atoms with van der Waals surface area (Å²) in [5.41, 5.74) is 0. The van der Waals surface area contributed by atoms with E-state index < -0.39 is 52.5 Å². The number of hydrogen-bond donors (Lipinski definition) is 0. The van der Waals surface area contributed by atoms with Crippen LogP contribution in [0.2, 0.25) is 0 Å². The molecule has 32 heteroatoms. The average molecular weight is 1030 g/mol.